The van der Waals surface area contributed by atoms with Crippen LogP contribution >= 0.6 is 15.9 Å². The smallest absolute Gasteiger partial charge is 0.407 e. The first kappa shape index (κ1) is 12.9. The fraction of sp³-hybridized carbons (Fsp3) is 0.500. The normalized spacial score (nSPS) is 32.3. The van der Waals surface area contributed by atoms with Crippen LogP contribution in [0.3, 0.4) is 0 Å². The Balaban J connectivity index is 1.90. The van der Waals surface area contributed by atoms with E-state index in [1.54, 1.807) is 6.07 Å². The van der Waals surface area contributed by atoms with Gasteiger partial charge in [-0.25, -0.2) is 9.18 Å². The summed E-state index contributed by atoms with van der Waals surface area (Å²) in [4.78, 5) is 12.4. The zero-order chi connectivity index (χ0) is 13.8. The molecular formula is C14H15BrFNO2. The maximum Gasteiger partial charge on any atom is 0.407 e. The number of piperidine rings is 1. The molecule has 0 spiro atoms. The Labute approximate surface area is 119 Å². The van der Waals surface area contributed by atoms with Crippen molar-refractivity contribution >= 4 is 22.0 Å². The number of carboxylic acid groups (broad SMARTS) is 1. The largest absolute Gasteiger partial charge is 0.465 e. The molecule has 1 aliphatic carbocycles. The zero-order valence-corrected chi connectivity index (χ0v) is 12.2. The van der Waals surface area contributed by atoms with Crippen molar-refractivity contribution in [2.24, 2.45) is 11.8 Å². The summed E-state index contributed by atoms with van der Waals surface area (Å²) in [6, 6.07) is 5.02. The van der Waals surface area contributed by atoms with Crippen LogP contribution < -0.4 is 0 Å². The average Bonchev–Trinajstić information content (AvgIpc) is 2.72. The number of fused-ring (bicyclic) bond motifs is 1. The fourth-order valence-corrected chi connectivity index (χ4v) is 4.33. The van der Waals surface area contributed by atoms with E-state index in [2.05, 4.69) is 22.9 Å². The molecule has 1 amide bonds. The standard InChI is InChI=1S/C14H15BrFNO2/c1-2-14(8-3-9(15)5-10(16)4-8)11-6-17(13(18)19)7-12(11)14/h3-5,11-12H,2,6-7H2,1H3,(H,18,19). The monoisotopic (exact) mass is 327 g/mol. The molecule has 3 nitrogen and oxygen atoms in total. The molecule has 19 heavy (non-hydrogen) atoms. The molecule has 0 bridgehead atoms. The molecular weight excluding hydrogens is 313 g/mol. The molecule has 2 unspecified atom stereocenters. The highest BCUT2D eigenvalue weighted by Gasteiger charge is 2.68. The van der Waals surface area contributed by atoms with Crippen molar-refractivity contribution in [1.29, 1.82) is 0 Å². The topological polar surface area (TPSA) is 40.5 Å². The van der Waals surface area contributed by atoms with E-state index in [4.69, 9.17) is 5.11 Å². The van der Waals surface area contributed by atoms with E-state index < -0.39 is 6.09 Å². The fourth-order valence-electron chi connectivity index (χ4n) is 3.87. The summed E-state index contributed by atoms with van der Waals surface area (Å²) in [6.45, 7) is 3.24. The van der Waals surface area contributed by atoms with E-state index in [0.717, 1.165) is 16.5 Å². The van der Waals surface area contributed by atoms with Crippen LogP contribution in [0.25, 0.3) is 0 Å². The lowest BCUT2D eigenvalue weighted by atomic mass is 9.87. The molecule has 2 fully saturated rings. The average molecular weight is 328 g/mol. The quantitative estimate of drug-likeness (QED) is 0.903. The van der Waals surface area contributed by atoms with Crippen molar-refractivity contribution in [3.8, 4) is 0 Å². The summed E-state index contributed by atoms with van der Waals surface area (Å²) in [5, 5.41) is 9.01. The predicted octanol–water partition coefficient (Wildman–Crippen LogP) is 3.48. The van der Waals surface area contributed by atoms with Gasteiger partial charge in [0.25, 0.3) is 0 Å². The number of benzene rings is 1. The molecule has 2 atom stereocenters. The first-order chi connectivity index (χ1) is 8.99. The van der Waals surface area contributed by atoms with Gasteiger partial charge in [-0.2, -0.15) is 0 Å². The van der Waals surface area contributed by atoms with Crippen molar-refractivity contribution in [2.75, 3.05) is 13.1 Å². The summed E-state index contributed by atoms with van der Waals surface area (Å²) < 4.78 is 14.3. The van der Waals surface area contributed by atoms with E-state index in [-0.39, 0.29) is 11.2 Å². The molecule has 1 heterocycles. The van der Waals surface area contributed by atoms with Crippen molar-refractivity contribution < 1.29 is 14.3 Å². The molecule has 102 valence electrons. The SMILES string of the molecule is CCC1(c2cc(F)cc(Br)c2)C2CN(C(=O)O)CC21. The minimum absolute atomic E-state index is 0.0312. The first-order valence-electron chi connectivity index (χ1n) is 6.43. The second kappa shape index (κ2) is 4.20. The predicted molar refractivity (Wildman–Crippen MR) is 72.6 cm³/mol. The van der Waals surface area contributed by atoms with Crippen LogP contribution in [0, 0.1) is 17.7 Å². The summed E-state index contributed by atoms with van der Waals surface area (Å²) in [6.07, 6.45) is 0.0729. The van der Waals surface area contributed by atoms with Gasteiger partial charge in [0.05, 0.1) is 0 Å². The summed E-state index contributed by atoms with van der Waals surface area (Å²) in [7, 11) is 0. The highest BCUT2D eigenvalue weighted by Crippen LogP contribution is 2.65. The van der Waals surface area contributed by atoms with Crippen molar-refractivity contribution in [1.82, 2.24) is 4.90 Å². The number of nitrogens with zero attached hydrogens (tertiary/aromatic N) is 1. The van der Waals surface area contributed by atoms with E-state index in [9.17, 15) is 9.18 Å². The van der Waals surface area contributed by atoms with Crippen LogP contribution in [0.4, 0.5) is 9.18 Å². The van der Waals surface area contributed by atoms with Gasteiger partial charge in [-0.1, -0.05) is 22.9 Å². The molecule has 3 rings (SSSR count). The van der Waals surface area contributed by atoms with E-state index in [1.165, 1.54) is 11.0 Å². The third-order valence-electron chi connectivity index (χ3n) is 4.79. The maximum atomic E-state index is 13.6. The van der Waals surface area contributed by atoms with Crippen molar-refractivity contribution in [3.63, 3.8) is 0 Å². The van der Waals surface area contributed by atoms with Crippen LogP contribution in [-0.4, -0.2) is 29.2 Å². The number of amides is 1. The Hall–Kier alpha value is -1.10. The number of hydrogen-bond donors (Lipinski definition) is 1. The second-order valence-electron chi connectivity index (χ2n) is 5.45. The van der Waals surface area contributed by atoms with Gasteiger partial charge >= 0.3 is 6.09 Å². The zero-order valence-electron chi connectivity index (χ0n) is 10.6. The van der Waals surface area contributed by atoms with E-state index in [0.29, 0.717) is 24.9 Å². The molecule has 1 N–H and O–H groups in total. The minimum atomic E-state index is -0.849. The molecule has 1 saturated carbocycles. The third kappa shape index (κ3) is 1.78. The van der Waals surface area contributed by atoms with Gasteiger partial charge < -0.3 is 10.0 Å². The Bertz CT molecular complexity index is 516. The molecule has 1 aromatic carbocycles. The van der Waals surface area contributed by atoms with Gasteiger partial charge in [-0.3, -0.25) is 0 Å². The van der Waals surface area contributed by atoms with Crippen molar-refractivity contribution in [3.05, 3.63) is 34.1 Å². The highest BCUT2D eigenvalue weighted by atomic mass is 79.9. The van der Waals surface area contributed by atoms with E-state index in [1.807, 2.05) is 6.07 Å². The van der Waals surface area contributed by atoms with Gasteiger partial charge in [0.1, 0.15) is 5.82 Å². The Kier molecular flexibility index (Phi) is 2.85. The Morgan fingerprint density at radius 2 is 2.11 bits per heavy atom. The van der Waals surface area contributed by atoms with Crippen LogP contribution in [0.2, 0.25) is 0 Å². The van der Waals surface area contributed by atoms with Gasteiger partial charge in [-0.15, -0.1) is 0 Å². The lowest BCUT2D eigenvalue weighted by molar-refractivity contribution is 0.146. The molecule has 1 aromatic rings. The lowest BCUT2D eigenvalue weighted by Crippen LogP contribution is -2.34. The van der Waals surface area contributed by atoms with Crippen molar-refractivity contribution in [2.45, 2.75) is 18.8 Å². The van der Waals surface area contributed by atoms with Crippen LogP contribution in [0.5, 0.6) is 0 Å². The number of halogens is 2. The molecule has 0 radical (unpaired) electrons. The Morgan fingerprint density at radius 1 is 1.47 bits per heavy atom. The van der Waals surface area contributed by atoms with Crippen LogP contribution in [-0.2, 0) is 5.41 Å². The molecule has 1 saturated heterocycles. The lowest BCUT2D eigenvalue weighted by Gasteiger charge is -2.25. The number of rotatable bonds is 2. The van der Waals surface area contributed by atoms with Gasteiger partial charge in [0.2, 0.25) is 0 Å². The minimum Gasteiger partial charge on any atom is -0.465 e. The highest BCUT2D eigenvalue weighted by molar-refractivity contribution is 9.10. The van der Waals surface area contributed by atoms with Gasteiger partial charge in [0, 0.05) is 23.0 Å². The number of carbonyl (C=O) groups is 1. The summed E-state index contributed by atoms with van der Waals surface area (Å²) >= 11 is 3.33. The summed E-state index contributed by atoms with van der Waals surface area (Å²) in [5.74, 6) is 0.432. The van der Waals surface area contributed by atoms with Gasteiger partial charge in [0.15, 0.2) is 0 Å². The molecule has 2 aliphatic rings. The third-order valence-corrected chi connectivity index (χ3v) is 5.25. The first-order valence-corrected chi connectivity index (χ1v) is 7.22. The second-order valence-corrected chi connectivity index (χ2v) is 6.37. The molecule has 5 heteroatoms. The van der Waals surface area contributed by atoms with Crippen LogP contribution in [0.15, 0.2) is 22.7 Å². The maximum absolute atomic E-state index is 13.6. The van der Waals surface area contributed by atoms with Gasteiger partial charge in [-0.05, 0) is 42.0 Å². The molecule has 0 aromatic heterocycles. The van der Waals surface area contributed by atoms with E-state index >= 15 is 0 Å². The number of likely N-dealkylation sites (tertiary alicyclic amines) is 1. The Morgan fingerprint density at radius 3 is 2.58 bits per heavy atom. The van der Waals surface area contributed by atoms with Crippen LogP contribution in [0.1, 0.15) is 18.9 Å². The summed E-state index contributed by atoms with van der Waals surface area (Å²) in [5.41, 5.74) is 0.971. The molecule has 1 aliphatic heterocycles. The number of hydrogen-bond acceptors (Lipinski definition) is 1.